The predicted molar refractivity (Wildman–Crippen MR) is 59.3 cm³/mol. The normalized spacial score (nSPS) is 8.93. The van der Waals surface area contributed by atoms with Gasteiger partial charge in [-0.05, 0) is 18.1 Å². The maximum atomic E-state index is 10.5. The molecule has 0 aromatic heterocycles. The first-order chi connectivity index (χ1) is 7.24. The smallest absolute Gasteiger partial charge is 0.303 e. The van der Waals surface area contributed by atoms with E-state index in [1.165, 1.54) is 12.5 Å². The van der Waals surface area contributed by atoms with E-state index in [1.54, 1.807) is 0 Å². The zero-order valence-electron chi connectivity index (χ0n) is 9.04. The Morgan fingerprint density at radius 2 is 2.13 bits per heavy atom. The summed E-state index contributed by atoms with van der Waals surface area (Å²) in [6.45, 7) is 3.63. The minimum Gasteiger partial charge on any atom is -0.453 e. The molecule has 0 N–H and O–H groups in total. The van der Waals surface area contributed by atoms with E-state index in [2.05, 4.69) is 24.8 Å². The molecular weight excluding hydrogens is 188 g/mol. The molecule has 2 heteroatoms. The van der Waals surface area contributed by atoms with E-state index >= 15 is 0 Å². The van der Waals surface area contributed by atoms with Crippen LogP contribution in [0.3, 0.4) is 0 Å². The number of carbonyl (C=O) groups excluding carboxylic acids is 1. The number of benzene rings is 1. The summed E-state index contributed by atoms with van der Waals surface area (Å²) < 4.78 is 4.72. The van der Waals surface area contributed by atoms with E-state index < -0.39 is 0 Å². The van der Waals surface area contributed by atoms with Crippen molar-refractivity contribution in [1.82, 2.24) is 0 Å². The van der Waals surface area contributed by atoms with Crippen LogP contribution in [0, 0.1) is 11.8 Å². The second-order valence-electron chi connectivity index (χ2n) is 3.09. The van der Waals surface area contributed by atoms with Crippen molar-refractivity contribution in [3.63, 3.8) is 0 Å². The molecule has 0 atom stereocenters. The van der Waals surface area contributed by atoms with Crippen LogP contribution in [-0.4, -0.2) is 12.6 Å². The third-order valence-corrected chi connectivity index (χ3v) is 1.97. The van der Waals surface area contributed by atoms with Gasteiger partial charge >= 0.3 is 5.97 Å². The van der Waals surface area contributed by atoms with Crippen molar-refractivity contribution in [2.24, 2.45) is 0 Å². The van der Waals surface area contributed by atoms with Crippen molar-refractivity contribution in [1.29, 1.82) is 0 Å². The number of hydrogen-bond donors (Lipinski definition) is 0. The Balaban J connectivity index is 2.66. The summed E-state index contributed by atoms with van der Waals surface area (Å²) in [7, 11) is 0. The Morgan fingerprint density at radius 3 is 2.80 bits per heavy atom. The molecule has 2 nitrogen and oxygen atoms in total. The molecule has 1 rings (SSSR count). The van der Waals surface area contributed by atoms with Gasteiger partial charge < -0.3 is 4.74 Å². The Hall–Kier alpha value is -1.75. The van der Waals surface area contributed by atoms with E-state index in [1.807, 2.05) is 18.2 Å². The topological polar surface area (TPSA) is 26.3 Å². The fourth-order valence-corrected chi connectivity index (χ4v) is 1.22. The lowest BCUT2D eigenvalue weighted by Crippen LogP contribution is -1.97. The lowest BCUT2D eigenvalue weighted by molar-refractivity contribution is -0.139. The third kappa shape index (κ3) is 3.86. The average molecular weight is 202 g/mol. The molecule has 0 aliphatic carbocycles. The Bertz CT molecular complexity index is 396. The van der Waals surface area contributed by atoms with Gasteiger partial charge in [-0.25, -0.2) is 0 Å². The Morgan fingerprint density at radius 1 is 1.40 bits per heavy atom. The standard InChI is InChI=1S/C13H14O2/c1-3-12-7-4-5-8-13(12)9-6-10-15-11(2)14/h4-5,7-8H,3,10H2,1-2H3. The maximum absolute atomic E-state index is 10.5. The van der Waals surface area contributed by atoms with E-state index in [0.29, 0.717) is 0 Å². The molecule has 1 aromatic rings. The molecule has 0 heterocycles. The van der Waals surface area contributed by atoms with Crippen LogP contribution in [0.1, 0.15) is 25.0 Å². The molecule has 78 valence electrons. The molecule has 15 heavy (non-hydrogen) atoms. The van der Waals surface area contributed by atoms with Gasteiger partial charge in [0.2, 0.25) is 0 Å². The number of hydrogen-bond acceptors (Lipinski definition) is 2. The van der Waals surface area contributed by atoms with Gasteiger partial charge in [0.15, 0.2) is 6.61 Å². The van der Waals surface area contributed by atoms with Crippen LogP contribution in [0.2, 0.25) is 0 Å². The van der Waals surface area contributed by atoms with E-state index in [0.717, 1.165) is 12.0 Å². The lowest BCUT2D eigenvalue weighted by Gasteiger charge is -1.99. The molecule has 0 aliphatic heterocycles. The Kier molecular flexibility index (Phi) is 4.43. The second kappa shape index (κ2) is 5.87. The van der Waals surface area contributed by atoms with Gasteiger partial charge in [0.05, 0.1) is 0 Å². The molecular formula is C13H14O2. The van der Waals surface area contributed by atoms with Crippen molar-refractivity contribution >= 4 is 5.97 Å². The SMILES string of the molecule is CCc1ccccc1C#CCOC(C)=O. The van der Waals surface area contributed by atoms with Gasteiger partial charge in [0.1, 0.15) is 0 Å². The average Bonchev–Trinajstić information content (AvgIpc) is 2.24. The van der Waals surface area contributed by atoms with Gasteiger partial charge in [-0.15, -0.1) is 0 Å². The minimum atomic E-state index is -0.298. The van der Waals surface area contributed by atoms with Crippen LogP contribution in [-0.2, 0) is 16.0 Å². The number of aryl methyl sites for hydroxylation is 1. The third-order valence-electron chi connectivity index (χ3n) is 1.97. The molecule has 0 aliphatic rings. The number of carbonyl (C=O) groups is 1. The summed E-state index contributed by atoms with van der Waals surface area (Å²) in [6.07, 6.45) is 0.957. The number of rotatable bonds is 2. The molecule has 0 fully saturated rings. The van der Waals surface area contributed by atoms with Crippen molar-refractivity contribution in [3.05, 3.63) is 35.4 Å². The van der Waals surface area contributed by atoms with Crippen molar-refractivity contribution in [2.45, 2.75) is 20.3 Å². The molecule has 0 amide bonds. The van der Waals surface area contributed by atoms with E-state index in [4.69, 9.17) is 4.74 Å². The van der Waals surface area contributed by atoms with Crippen LogP contribution < -0.4 is 0 Å². The second-order valence-corrected chi connectivity index (χ2v) is 3.09. The fraction of sp³-hybridized carbons (Fsp3) is 0.308. The molecule has 0 saturated heterocycles. The van der Waals surface area contributed by atoms with Gasteiger partial charge in [0, 0.05) is 12.5 Å². The molecule has 0 spiro atoms. The molecule has 0 saturated carbocycles. The van der Waals surface area contributed by atoms with Gasteiger partial charge in [0.25, 0.3) is 0 Å². The lowest BCUT2D eigenvalue weighted by atomic mass is 10.1. The number of ether oxygens (including phenoxy) is 1. The highest BCUT2D eigenvalue weighted by Crippen LogP contribution is 2.07. The van der Waals surface area contributed by atoms with E-state index in [-0.39, 0.29) is 12.6 Å². The van der Waals surface area contributed by atoms with Crippen LogP contribution in [0.25, 0.3) is 0 Å². The van der Waals surface area contributed by atoms with Crippen LogP contribution in [0.5, 0.6) is 0 Å². The first-order valence-corrected chi connectivity index (χ1v) is 4.94. The highest BCUT2D eigenvalue weighted by Gasteiger charge is 1.94. The van der Waals surface area contributed by atoms with Gasteiger partial charge in [-0.3, -0.25) is 4.79 Å². The molecule has 0 unspecified atom stereocenters. The summed E-state index contributed by atoms with van der Waals surface area (Å²) in [4.78, 5) is 10.5. The summed E-state index contributed by atoms with van der Waals surface area (Å²) in [5.74, 6) is 5.51. The largest absolute Gasteiger partial charge is 0.453 e. The molecule has 1 aromatic carbocycles. The van der Waals surface area contributed by atoms with Crippen LogP contribution in [0.15, 0.2) is 24.3 Å². The van der Waals surface area contributed by atoms with Crippen LogP contribution >= 0.6 is 0 Å². The summed E-state index contributed by atoms with van der Waals surface area (Å²) >= 11 is 0. The van der Waals surface area contributed by atoms with Gasteiger partial charge in [-0.1, -0.05) is 37.0 Å². The monoisotopic (exact) mass is 202 g/mol. The molecule has 0 bridgehead atoms. The van der Waals surface area contributed by atoms with Crippen molar-refractivity contribution in [2.75, 3.05) is 6.61 Å². The molecule has 0 radical (unpaired) electrons. The zero-order chi connectivity index (χ0) is 11.1. The highest BCUT2D eigenvalue weighted by atomic mass is 16.5. The quantitative estimate of drug-likeness (QED) is 0.542. The minimum absolute atomic E-state index is 0.160. The number of esters is 1. The Labute approximate surface area is 90.3 Å². The zero-order valence-corrected chi connectivity index (χ0v) is 9.04. The van der Waals surface area contributed by atoms with Gasteiger partial charge in [-0.2, -0.15) is 0 Å². The highest BCUT2D eigenvalue weighted by molar-refractivity contribution is 5.66. The van der Waals surface area contributed by atoms with Crippen molar-refractivity contribution < 1.29 is 9.53 Å². The van der Waals surface area contributed by atoms with Crippen LogP contribution in [0.4, 0.5) is 0 Å². The maximum Gasteiger partial charge on any atom is 0.303 e. The summed E-state index contributed by atoms with van der Waals surface area (Å²) in [5.41, 5.74) is 2.22. The first-order valence-electron chi connectivity index (χ1n) is 4.94. The fourth-order valence-electron chi connectivity index (χ4n) is 1.22. The first kappa shape index (κ1) is 11.3. The van der Waals surface area contributed by atoms with Crippen molar-refractivity contribution in [3.8, 4) is 11.8 Å². The summed E-state index contributed by atoms with van der Waals surface area (Å²) in [6, 6.07) is 7.97. The predicted octanol–water partition coefficient (Wildman–Crippen LogP) is 2.16. The van der Waals surface area contributed by atoms with E-state index in [9.17, 15) is 4.79 Å². The summed E-state index contributed by atoms with van der Waals surface area (Å²) in [5, 5.41) is 0.